The van der Waals surface area contributed by atoms with Crippen LogP contribution < -0.4 is 5.19 Å². The average Bonchev–Trinajstić information content (AvgIpc) is 3.40. The SMILES string of the molecule is [2H]C(C)(C)c1ccnc(-c2[c-]ccc3c2oc2nccc(F)c23)c1.[2H]C([2H])([2H])c1c[c-]c(-c2cc(C([2H])(C)C)c([Si](C)(C)C)cn2)cc1.[Ir]. The molecule has 0 aliphatic heterocycles. The zero-order chi connectivity index (χ0) is 35.2. The third-order valence-corrected chi connectivity index (χ3v) is 9.23. The van der Waals surface area contributed by atoms with Gasteiger partial charge in [0, 0.05) is 45.5 Å². The number of hydrogen-bond donors (Lipinski definition) is 0. The maximum atomic E-state index is 14.2. The number of fused-ring (bicyclic) bond motifs is 3. The van der Waals surface area contributed by atoms with Crippen LogP contribution in [0.1, 0.15) is 63.0 Å². The predicted molar refractivity (Wildman–Crippen MR) is 178 cm³/mol. The molecule has 0 amide bonds. The number of aromatic nitrogens is 3. The smallest absolute Gasteiger partial charge is 0.219 e. The molecular formula is C37H38FIrN3OSi-2. The number of rotatable bonds is 5. The Bertz CT molecular complexity index is 2100. The minimum Gasteiger partial charge on any atom is -0.486 e. The van der Waals surface area contributed by atoms with Gasteiger partial charge in [-0.15, -0.1) is 53.6 Å². The Morgan fingerprint density at radius 2 is 1.68 bits per heavy atom. The van der Waals surface area contributed by atoms with E-state index in [0.717, 1.165) is 22.4 Å². The van der Waals surface area contributed by atoms with Gasteiger partial charge in [-0.2, -0.15) is 0 Å². The maximum Gasteiger partial charge on any atom is 0.219 e. The summed E-state index contributed by atoms with van der Waals surface area (Å²) < 4.78 is 58.9. The minimum atomic E-state index is -2.13. The van der Waals surface area contributed by atoms with Crippen molar-refractivity contribution in [3.63, 3.8) is 0 Å². The zero-order valence-electron chi connectivity index (χ0n) is 30.9. The molecule has 4 aromatic heterocycles. The van der Waals surface area contributed by atoms with Gasteiger partial charge in [0.15, 0.2) is 0 Å². The van der Waals surface area contributed by atoms with E-state index in [2.05, 4.69) is 46.7 Å². The second kappa shape index (κ2) is 13.6. The fourth-order valence-corrected chi connectivity index (χ4v) is 6.47. The third-order valence-electron chi connectivity index (χ3n) is 7.22. The molecule has 4 nitrogen and oxygen atoms in total. The summed E-state index contributed by atoms with van der Waals surface area (Å²) in [6.45, 7) is 12.0. The van der Waals surface area contributed by atoms with Gasteiger partial charge >= 0.3 is 0 Å². The standard InChI is InChI=1S/C19H14FN2O.C18H24NSi.Ir/c1-11(2)12-6-8-21-16(10-12)13-4-3-5-14-17-15(20)7-9-22-19(17)23-18(13)14;1-13(2)16-11-17(15-9-7-14(3)8-10-15)19-12-18(16)20(4,5)6;/h3,5-11H,1-2H3;7-9,11-13H,1-6H3;/q2*-1;/i11D;3D3,13D;. The Morgan fingerprint density at radius 3 is 2.34 bits per heavy atom. The Labute approximate surface area is 281 Å². The monoisotopic (exact) mass is 785 g/mol. The molecule has 1 radical (unpaired) electrons. The summed E-state index contributed by atoms with van der Waals surface area (Å²) in [5, 5.41) is 2.19. The van der Waals surface area contributed by atoms with E-state index in [9.17, 15) is 4.39 Å². The first kappa shape index (κ1) is 26.9. The van der Waals surface area contributed by atoms with E-state index in [0.29, 0.717) is 27.6 Å². The van der Waals surface area contributed by atoms with Crippen LogP contribution in [0.15, 0.2) is 77.6 Å². The van der Waals surface area contributed by atoms with Crippen LogP contribution in [0.4, 0.5) is 4.39 Å². The minimum absolute atomic E-state index is 0. The summed E-state index contributed by atoms with van der Waals surface area (Å²) in [6, 6.07) is 21.4. The normalized spacial score (nSPS) is 14.0. The van der Waals surface area contributed by atoms with E-state index in [4.69, 9.17) is 11.3 Å². The number of furan rings is 1. The second-order valence-corrected chi connectivity index (χ2v) is 17.0. The van der Waals surface area contributed by atoms with Gasteiger partial charge in [0.25, 0.3) is 0 Å². The van der Waals surface area contributed by atoms with Crippen LogP contribution in [-0.2, 0) is 20.1 Å². The van der Waals surface area contributed by atoms with Gasteiger partial charge in [0.05, 0.1) is 19.0 Å². The third kappa shape index (κ3) is 7.07. The van der Waals surface area contributed by atoms with Crippen molar-refractivity contribution in [2.45, 2.75) is 66.0 Å². The van der Waals surface area contributed by atoms with E-state index in [1.54, 1.807) is 30.5 Å². The molecule has 0 aliphatic carbocycles. The topological polar surface area (TPSA) is 51.8 Å². The number of pyridine rings is 3. The summed E-state index contributed by atoms with van der Waals surface area (Å²) in [6.07, 6.45) is 4.93. The molecule has 0 bridgehead atoms. The van der Waals surface area contributed by atoms with Crippen molar-refractivity contribution in [3.8, 4) is 22.5 Å². The van der Waals surface area contributed by atoms with Gasteiger partial charge < -0.3 is 14.4 Å². The van der Waals surface area contributed by atoms with Gasteiger partial charge in [0.1, 0.15) is 5.82 Å². The fraction of sp³-hybridized carbons (Fsp3) is 0.270. The zero-order valence-corrected chi connectivity index (χ0v) is 29.3. The van der Waals surface area contributed by atoms with Crippen LogP contribution in [-0.4, -0.2) is 23.0 Å². The molecule has 0 saturated carbocycles. The van der Waals surface area contributed by atoms with Crippen molar-refractivity contribution in [3.05, 3.63) is 108 Å². The van der Waals surface area contributed by atoms with Gasteiger partial charge in [-0.3, -0.25) is 0 Å². The van der Waals surface area contributed by atoms with Crippen molar-refractivity contribution in [2.75, 3.05) is 0 Å². The van der Waals surface area contributed by atoms with Crippen molar-refractivity contribution >= 4 is 35.3 Å². The van der Waals surface area contributed by atoms with E-state index < -0.39 is 26.7 Å². The summed E-state index contributed by atoms with van der Waals surface area (Å²) in [5.74, 6) is -1.83. The second-order valence-electron chi connectivity index (χ2n) is 12.0. The van der Waals surface area contributed by atoms with Crippen LogP contribution in [0.25, 0.3) is 44.6 Å². The first-order chi connectivity index (χ1) is 22.2. The first-order valence-electron chi connectivity index (χ1n) is 16.6. The molecule has 6 rings (SSSR count). The summed E-state index contributed by atoms with van der Waals surface area (Å²) in [4.78, 5) is 13.0. The van der Waals surface area contributed by atoms with Gasteiger partial charge in [-0.05, 0) is 40.5 Å². The molecule has 0 fully saturated rings. The Hall–Kier alpha value is -3.51. The predicted octanol–water partition coefficient (Wildman–Crippen LogP) is 9.63. The number of hydrogen-bond acceptors (Lipinski definition) is 4. The summed E-state index contributed by atoms with van der Waals surface area (Å²) in [7, 11) is -1.61. The molecule has 0 unspecified atom stereocenters. The van der Waals surface area contributed by atoms with Crippen molar-refractivity contribution < 1.29 is 35.8 Å². The van der Waals surface area contributed by atoms with E-state index >= 15 is 0 Å². The molecule has 2 aromatic carbocycles. The molecule has 4 heterocycles. The Morgan fingerprint density at radius 1 is 0.909 bits per heavy atom. The summed E-state index contributed by atoms with van der Waals surface area (Å²) in [5.41, 5.74) is 5.58. The maximum absolute atomic E-state index is 14.2. The first-order valence-corrected chi connectivity index (χ1v) is 17.6. The quantitative estimate of drug-likeness (QED) is 0.129. The molecular weight excluding hydrogens is 742 g/mol. The van der Waals surface area contributed by atoms with Crippen LogP contribution >= 0.6 is 0 Å². The number of halogens is 1. The van der Waals surface area contributed by atoms with Crippen LogP contribution in [0.2, 0.25) is 19.6 Å². The Balaban J connectivity index is 0.000000216. The number of benzene rings is 2. The molecule has 0 N–H and O–H groups in total. The van der Waals surface area contributed by atoms with Crippen molar-refractivity contribution in [1.82, 2.24) is 15.0 Å². The molecule has 0 spiro atoms. The summed E-state index contributed by atoms with van der Waals surface area (Å²) >= 11 is 0. The van der Waals surface area contributed by atoms with E-state index in [1.807, 2.05) is 52.1 Å². The van der Waals surface area contributed by atoms with E-state index in [1.165, 1.54) is 23.5 Å². The van der Waals surface area contributed by atoms with Gasteiger partial charge in [0.2, 0.25) is 5.71 Å². The number of aryl methyl sites for hydroxylation is 1. The average molecular weight is 785 g/mol. The largest absolute Gasteiger partial charge is 0.486 e. The Kier molecular flexibility index (Phi) is 8.32. The molecule has 6 aromatic rings. The molecule has 0 atom stereocenters. The van der Waals surface area contributed by atoms with Crippen molar-refractivity contribution in [2.24, 2.45) is 0 Å². The van der Waals surface area contributed by atoms with Gasteiger partial charge in [-0.1, -0.05) is 88.4 Å². The van der Waals surface area contributed by atoms with Crippen LogP contribution in [0.3, 0.4) is 0 Å². The molecule has 44 heavy (non-hydrogen) atoms. The fourth-order valence-electron chi connectivity index (χ4n) is 4.89. The number of nitrogens with zero attached hydrogens (tertiary/aromatic N) is 3. The van der Waals surface area contributed by atoms with E-state index in [-0.39, 0.29) is 37.2 Å². The van der Waals surface area contributed by atoms with Crippen LogP contribution in [0, 0.1) is 24.8 Å². The van der Waals surface area contributed by atoms with Crippen LogP contribution in [0.5, 0.6) is 0 Å². The van der Waals surface area contributed by atoms with Gasteiger partial charge in [-0.25, -0.2) is 9.37 Å². The molecule has 7 heteroatoms. The van der Waals surface area contributed by atoms with Crippen molar-refractivity contribution in [1.29, 1.82) is 0 Å². The molecule has 0 aliphatic rings. The molecule has 229 valence electrons. The molecule has 0 saturated heterocycles.